The highest BCUT2D eigenvalue weighted by Gasteiger charge is 2.16. The van der Waals surface area contributed by atoms with Crippen LogP contribution in [0.1, 0.15) is 12.8 Å². The molecule has 0 bridgehead atoms. The number of unbranched alkanes of at least 4 members (excludes halogenated alkanes) is 1. The first-order chi connectivity index (χ1) is 9.54. The number of hydrogen-bond acceptors (Lipinski definition) is 3. The van der Waals surface area contributed by atoms with Gasteiger partial charge in [-0.15, -0.1) is 12.3 Å². The molecule has 0 heterocycles. The van der Waals surface area contributed by atoms with Gasteiger partial charge in [0.15, 0.2) is 0 Å². The van der Waals surface area contributed by atoms with E-state index in [0.717, 1.165) is 11.8 Å². The van der Waals surface area contributed by atoms with E-state index in [1.807, 2.05) is 6.07 Å². The fourth-order valence-electron chi connectivity index (χ4n) is 1.94. The maximum atomic E-state index is 11.6. The van der Waals surface area contributed by atoms with Gasteiger partial charge in [-0.3, -0.25) is 0 Å². The van der Waals surface area contributed by atoms with Crippen LogP contribution in [0.15, 0.2) is 41.3 Å². The molecule has 0 fully saturated rings. The standard InChI is InChI=1S/C15H13ClO3S/c1-2-3-6-11-19-14-9-10-15(20(16,17)18)13-8-5-4-7-12(13)14/h1,4-5,7-10H,3,6,11H2. The molecule has 0 spiro atoms. The van der Waals surface area contributed by atoms with Crippen LogP contribution in [0.5, 0.6) is 5.75 Å². The molecule has 0 N–H and O–H groups in total. The van der Waals surface area contributed by atoms with E-state index in [9.17, 15) is 8.42 Å². The molecule has 20 heavy (non-hydrogen) atoms. The van der Waals surface area contributed by atoms with Gasteiger partial charge in [0.05, 0.1) is 11.5 Å². The lowest BCUT2D eigenvalue weighted by Gasteiger charge is -2.10. The molecule has 104 valence electrons. The zero-order valence-electron chi connectivity index (χ0n) is 10.7. The van der Waals surface area contributed by atoms with E-state index in [4.69, 9.17) is 21.8 Å². The highest BCUT2D eigenvalue weighted by Crippen LogP contribution is 2.32. The van der Waals surface area contributed by atoms with Gasteiger partial charge in [0.1, 0.15) is 5.75 Å². The third-order valence-corrected chi connectivity index (χ3v) is 4.21. The van der Waals surface area contributed by atoms with Crippen molar-refractivity contribution in [2.24, 2.45) is 0 Å². The van der Waals surface area contributed by atoms with E-state index in [2.05, 4.69) is 5.92 Å². The summed E-state index contributed by atoms with van der Waals surface area (Å²) in [5.74, 6) is 3.17. The molecule has 0 aliphatic carbocycles. The zero-order chi connectivity index (χ0) is 14.6. The van der Waals surface area contributed by atoms with Gasteiger partial charge >= 0.3 is 0 Å². The van der Waals surface area contributed by atoms with Gasteiger partial charge < -0.3 is 4.74 Å². The number of benzene rings is 2. The molecule has 2 rings (SSSR count). The van der Waals surface area contributed by atoms with Gasteiger partial charge in [-0.2, -0.15) is 0 Å². The summed E-state index contributed by atoms with van der Waals surface area (Å²) in [5, 5.41) is 1.27. The average molecular weight is 309 g/mol. The Morgan fingerprint density at radius 3 is 2.50 bits per heavy atom. The molecule has 0 aliphatic rings. The first-order valence-electron chi connectivity index (χ1n) is 6.06. The summed E-state index contributed by atoms with van der Waals surface area (Å²) >= 11 is 0. The van der Waals surface area contributed by atoms with Crippen LogP contribution in [-0.2, 0) is 9.05 Å². The third kappa shape index (κ3) is 3.24. The molecule has 0 saturated heterocycles. The summed E-state index contributed by atoms with van der Waals surface area (Å²) in [4.78, 5) is 0.0886. The smallest absolute Gasteiger partial charge is 0.261 e. The van der Waals surface area contributed by atoms with E-state index >= 15 is 0 Å². The maximum absolute atomic E-state index is 11.6. The molecule has 0 saturated carbocycles. The van der Waals surface area contributed by atoms with Crippen LogP contribution in [0.2, 0.25) is 0 Å². The lowest BCUT2D eigenvalue weighted by Crippen LogP contribution is -1.99. The van der Waals surface area contributed by atoms with E-state index in [0.29, 0.717) is 24.2 Å². The summed E-state index contributed by atoms with van der Waals surface area (Å²) in [6.07, 6.45) is 6.57. The summed E-state index contributed by atoms with van der Waals surface area (Å²) in [5.41, 5.74) is 0. The Kier molecular flexibility index (Phi) is 4.53. The second kappa shape index (κ2) is 6.17. The molecule has 0 aliphatic heterocycles. The van der Waals surface area contributed by atoms with Crippen LogP contribution in [-0.4, -0.2) is 15.0 Å². The van der Waals surface area contributed by atoms with Crippen LogP contribution in [0.25, 0.3) is 10.8 Å². The second-order valence-corrected chi connectivity index (χ2v) is 6.74. The van der Waals surface area contributed by atoms with Crippen LogP contribution in [0.3, 0.4) is 0 Å². The molecule has 0 amide bonds. The highest BCUT2D eigenvalue weighted by atomic mass is 35.7. The number of ether oxygens (including phenoxy) is 1. The minimum absolute atomic E-state index is 0.0886. The number of fused-ring (bicyclic) bond motifs is 1. The molecule has 0 atom stereocenters. The summed E-state index contributed by atoms with van der Waals surface area (Å²) in [6.45, 7) is 0.487. The van der Waals surface area contributed by atoms with Gasteiger partial charge in [-0.25, -0.2) is 8.42 Å². The zero-order valence-corrected chi connectivity index (χ0v) is 12.2. The minimum atomic E-state index is -3.79. The van der Waals surface area contributed by atoms with Gasteiger partial charge in [0, 0.05) is 27.9 Å². The second-order valence-electron chi connectivity index (χ2n) is 4.20. The number of halogens is 1. The molecule has 2 aromatic rings. The monoisotopic (exact) mass is 308 g/mol. The molecule has 3 nitrogen and oxygen atoms in total. The quantitative estimate of drug-likeness (QED) is 0.482. The van der Waals surface area contributed by atoms with Crippen molar-refractivity contribution in [1.82, 2.24) is 0 Å². The normalized spacial score (nSPS) is 11.2. The van der Waals surface area contributed by atoms with Crippen molar-refractivity contribution in [1.29, 1.82) is 0 Å². The molecule has 2 aromatic carbocycles. The van der Waals surface area contributed by atoms with Crippen LogP contribution in [0, 0.1) is 12.3 Å². The van der Waals surface area contributed by atoms with Crippen molar-refractivity contribution in [3.8, 4) is 18.1 Å². The lowest BCUT2D eigenvalue weighted by molar-refractivity contribution is 0.316. The van der Waals surface area contributed by atoms with Gasteiger partial charge in [-0.05, 0) is 18.6 Å². The van der Waals surface area contributed by atoms with Crippen LogP contribution < -0.4 is 4.74 Å². The third-order valence-electron chi connectivity index (χ3n) is 2.83. The van der Waals surface area contributed by atoms with Crippen molar-refractivity contribution < 1.29 is 13.2 Å². The molecule has 0 unspecified atom stereocenters. The Labute approximate surface area is 122 Å². The Balaban J connectivity index is 2.42. The Hall–Kier alpha value is -1.70. The minimum Gasteiger partial charge on any atom is -0.493 e. The van der Waals surface area contributed by atoms with Crippen LogP contribution >= 0.6 is 10.7 Å². The van der Waals surface area contributed by atoms with Crippen LogP contribution in [0.4, 0.5) is 0 Å². The predicted octanol–water partition coefficient (Wildman–Crippen LogP) is 3.56. The highest BCUT2D eigenvalue weighted by molar-refractivity contribution is 8.14. The largest absolute Gasteiger partial charge is 0.493 e. The molecule has 5 heteroatoms. The van der Waals surface area contributed by atoms with E-state index in [-0.39, 0.29) is 4.90 Å². The van der Waals surface area contributed by atoms with Crippen molar-refractivity contribution >= 4 is 30.5 Å². The van der Waals surface area contributed by atoms with Crippen molar-refractivity contribution in [3.63, 3.8) is 0 Å². The Morgan fingerprint density at radius 1 is 1.15 bits per heavy atom. The number of hydrogen-bond donors (Lipinski definition) is 0. The summed E-state index contributed by atoms with van der Waals surface area (Å²) < 4.78 is 28.8. The number of rotatable bonds is 5. The first kappa shape index (κ1) is 14.7. The SMILES string of the molecule is C#CCCCOc1ccc(S(=O)(=O)Cl)c2ccccc12. The van der Waals surface area contributed by atoms with E-state index in [1.165, 1.54) is 6.07 Å². The maximum Gasteiger partial charge on any atom is 0.261 e. The van der Waals surface area contributed by atoms with E-state index in [1.54, 1.807) is 24.3 Å². The van der Waals surface area contributed by atoms with Crippen molar-refractivity contribution in [3.05, 3.63) is 36.4 Å². The summed E-state index contributed by atoms with van der Waals surface area (Å²) in [7, 11) is 1.66. The fraction of sp³-hybridized carbons (Fsp3) is 0.200. The molecule has 0 radical (unpaired) electrons. The predicted molar refractivity (Wildman–Crippen MR) is 80.5 cm³/mol. The van der Waals surface area contributed by atoms with Gasteiger partial charge in [-0.1, -0.05) is 24.3 Å². The van der Waals surface area contributed by atoms with Crippen molar-refractivity contribution in [2.75, 3.05) is 6.61 Å². The number of terminal acetylenes is 1. The van der Waals surface area contributed by atoms with Gasteiger partial charge in [0.2, 0.25) is 0 Å². The lowest BCUT2D eigenvalue weighted by atomic mass is 10.1. The molecular formula is C15H13ClO3S. The summed E-state index contributed by atoms with van der Waals surface area (Å²) in [6, 6.07) is 10.2. The molecule has 0 aromatic heterocycles. The first-order valence-corrected chi connectivity index (χ1v) is 8.37. The topological polar surface area (TPSA) is 43.4 Å². The Morgan fingerprint density at radius 2 is 1.85 bits per heavy atom. The van der Waals surface area contributed by atoms with E-state index < -0.39 is 9.05 Å². The van der Waals surface area contributed by atoms with Crippen molar-refractivity contribution in [2.45, 2.75) is 17.7 Å². The van der Waals surface area contributed by atoms with Gasteiger partial charge in [0.25, 0.3) is 9.05 Å². The fourth-order valence-corrected chi connectivity index (χ4v) is 3.01. The Bertz CT molecular complexity index is 760. The average Bonchev–Trinajstić information content (AvgIpc) is 2.42. The molecular weight excluding hydrogens is 296 g/mol.